The summed E-state index contributed by atoms with van der Waals surface area (Å²) < 4.78 is 17.5. The summed E-state index contributed by atoms with van der Waals surface area (Å²) in [5.41, 5.74) is 6.57. The van der Waals surface area contributed by atoms with Crippen LogP contribution >= 0.6 is 0 Å². The Hall–Kier alpha value is -5.20. The van der Waals surface area contributed by atoms with Gasteiger partial charge in [0.15, 0.2) is 23.1 Å². The van der Waals surface area contributed by atoms with Crippen LogP contribution in [0.5, 0.6) is 17.2 Å². The molecule has 0 spiro atoms. The topological polar surface area (TPSA) is 183 Å². The fourth-order valence-electron chi connectivity index (χ4n) is 3.72. The molecule has 2 aromatic carbocycles. The number of nitrogens with two attached hydrogens (primary N) is 1. The second-order valence-corrected chi connectivity index (χ2v) is 7.95. The van der Waals surface area contributed by atoms with E-state index in [1.165, 1.54) is 19.2 Å². The number of aromatic nitrogens is 5. The van der Waals surface area contributed by atoms with Crippen LogP contribution < -0.4 is 31.0 Å². The summed E-state index contributed by atoms with van der Waals surface area (Å²) in [4.78, 5) is 27.2. The average molecular weight is 519 g/mol. The van der Waals surface area contributed by atoms with Gasteiger partial charge in [0, 0.05) is 24.9 Å². The van der Waals surface area contributed by atoms with Crippen molar-refractivity contribution in [1.29, 1.82) is 5.41 Å². The number of hydrogen-bond acceptors (Lipinski definition) is 10. The maximum absolute atomic E-state index is 12.8. The number of hydrogen-bond donors (Lipinski definition) is 4. The molecule has 0 radical (unpaired) electrons. The first kappa shape index (κ1) is 25.9. The number of nitrogens with zero attached hydrogens (tertiary/aromatic N) is 4. The number of rotatable bonds is 10. The number of H-pyrrole nitrogens is 1. The van der Waals surface area contributed by atoms with Crippen LogP contribution in [0.15, 0.2) is 59.5 Å². The molecular formula is C25H26N8O5. The number of ether oxygens (including phenoxy) is 3. The molecular weight excluding hydrogens is 492 g/mol. The Kier molecular flexibility index (Phi) is 7.66. The van der Waals surface area contributed by atoms with E-state index >= 15 is 0 Å². The van der Waals surface area contributed by atoms with Gasteiger partial charge in [-0.15, -0.1) is 10.2 Å². The van der Waals surface area contributed by atoms with Gasteiger partial charge in [0.1, 0.15) is 17.6 Å². The van der Waals surface area contributed by atoms with Gasteiger partial charge in [-0.3, -0.25) is 15.2 Å². The number of amidine groups is 1. The molecule has 38 heavy (non-hydrogen) atoms. The molecule has 0 aliphatic rings. The summed E-state index contributed by atoms with van der Waals surface area (Å²) in [5, 5.41) is 23.3. The molecule has 196 valence electrons. The minimum atomic E-state index is -0.709. The summed E-state index contributed by atoms with van der Waals surface area (Å²) in [6, 6.07) is 12.6. The van der Waals surface area contributed by atoms with E-state index in [0.29, 0.717) is 29.4 Å². The van der Waals surface area contributed by atoms with Gasteiger partial charge in [0.2, 0.25) is 0 Å². The third-order valence-corrected chi connectivity index (χ3v) is 5.34. The highest BCUT2D eigenvalue weighted by Crippen LogP contribution is 2.34. The lowest BCUT2D eigenvalue weighted by atomic mass is 10.0. The molecule has 0 amide bonds. The summed E-state index contributed by atoms with van der Waals surface area (Å²) in [7, 11) is 1.54. The van der Waals surface area contributed by atoms with Crippen LogP contribution in [-0.4, -0.2) is 50.5 Å². The molecule has 2 aromatic heterocycles. The summed E-state index contributed by atoms with van der Waals surface area (Å²) >= 11 is 0. The molecule has 0 unspecified atom stereocenters. The number of anilines is 1. The van der Waals surface area contributed by atoms with Crippen molar-refractivity contribution in [3.05, 3.63) is 82.2 Å². The van der Waals surface area contributed by atoms with Crippen molar-refractivity contribution in [2.24, 2.45) is 5.73 Å². The first-order valence-corrected chi connectivity index (χ1v) is 11.5. The van der Waals surface area contributed by atoms with Crippen LogP contribution in [0, 0.1) is 5.41 Å². The molecule has 4 aromatic rings. The van der Waals surface area contributed by atoms with E-state index in [9.17, 15) is 9.59 Å². The van der Waals surface area contributed by atoms with Gasteiger partial charge < -0.3 is 25.3 Å². The second kappa shape index (κ2) is 11.2. The smallest absolute Gasteiger partial charge is 0.349 e. The summed E-state index contributed by atoms with van der Waals surface area (Å²) in [6.07, 6.45) is 1.49. The van der Waals surface area contributed by atoms with Crippen LogP contribution in [0.1, 0.15) is 36.8 Å². The average Bonchev–Trinajstić information content (AvgIpc) is 3.28. The number of esters is 1. The molecule has 0 aliphatic heterocycles. The summed E-state index contributed by atoms with van der Waals surface area (Å²) in [6.45, 7) is 3.52. The van der Waals surface area contributed by atoms with E-state index in [4.69, 9.17) is 25.4 Å². The van der Waals surface area contributed by atoms with Gasteiger partial charge in [0.05, 0.1) is 19.3 Å². The highest BCUT2D eigenvalue weighted by Gasteiger charge is 2.23. The monoisotopic (exact) mass is 518 g/mol. The van der Waals surface area contributed by atoms with Gasteiger partial charge in [-0.25, -0.2) is 4.79 Å². The third kappa shape index (κ3) is 5.61. The van der Waals surface area contributed by atoms with Crippen molar-refractivity contribution in [2.45, 2.75) is 19.9 Å². The van der Waals surface area contributed by atoms with Crippen LogP contribution in [-0.2, 0) is 4.79 Å². The minimum absolute atomic E-state index is 0.108. The minimum Gasteiger partial charge on any atom is -0.493 e. The third-order valence-electron chi connectivity index (χ3n) is 5.34. The molecule has 4 rings (SSSR count). The molecule has 1 atom stereocenters. The zero-order valence-electron chi connectivity index (χ0n) is 20.9. The maximum Gasteiger partial charge on any atom is 0.349 e. The Balaban J connectivity index is 1.82. The molecule has 5 N–H and O–H groups in total. The number of aromatic amines is 1. The highest BCUT2D eigenvalue weighted by atomic mass is 16.5. The predicted octanol–water partition coefficient (Wildman–Crippen LogP) is 2.17. The van der Waals surface area contributed by atoms with E-state index in [1.807, 2.05) is 6.92 Å². The number of methoxy groups -OCH3 is 1. The molecule has 0 aliphatic carbocycles. The molecule has 0 saturated heterocycles. The largest absolute Gasteiger partial charge is 0.493 e. The zero-order chi connectivity index (χ0) is 27.2. The molecule has 2 heterocycles. The van der Waals surface area contributed by atoms with Gasteiger partial charge in [0.25, 0.3) is 0 Å². The van der Waals surface area contributed by atoms with Gasteiger partial charge in [-0.1, -0.05) is 6.07 Å². The Labute approximate surface area is 217 Å². The Bertz CT molecular complexity index is 1520. The molecule has 0 saturated carbocycles. The van der Waals surface area contributed by atoms with Crippen LogP contribution in [0.2, 0.25) is 0 Å². The van der Waals surface area contributed by atoms with Gasteiger partial charge in [-0.2, -0.15) is 9.78 Å². The van der Waals surface area contributed by atoms with Crippen molar-refractivity contribution in [3.8, 4) is 23.1 Å². The molecule has 0 bridgehead atoms. The van der Waals surface area contributed by atoms with Crippen LogP contribution in [0.25, 0.3) is 5.82 Å². The van der Waals surface area contributed by atoms with E-state index in [0.717, 1.165) is 4.68 Å². The number of carbonyl (C=O) groups excluding carboxylic acids is 1. The van der Waals surface area contributed by atoms with E-state index < -0.39 is 17.7 Å². The fourth-order valence-corrected chi connectivity index (χ4v) is 3.72. The Morgan fingerprint density at radius 2 is 2.00 bits per heavy atom. The van der Waals surface area contributed by atoms with Crippen molar-refractivity contribution in [3.63, 3.8) is 0 Å². The molecule has 13 nitrogen and oxygen atoms in total. The molecule has 13 heteroatoms. The highest BCUT2D eigenvalue weighted by molar-refractivity contribution is 5.98. The van der Waals surface area contributed by atoms with Gasteiger partial charge in [-0.05, 0) is 48.9 Å². The van der Waals surface area contributed by atoms with E-state index in [-0.39, 0.29) is 28.8 Å². The first-order chi connectivity index (χ1) is 18.3. The van der Waals surface area contributed by atoms with Crippen LogP contribution in [0.3, 0.4) is 0 Å². The van der Waals surface area contributed by atoms with E-state index in [1.54, 1.807) is 49.6 Å². The number of benzene rings is 2. The zero-order valence-corrected chi connectivity index (χ0v) is 20.9. The van der Waals surface area contributed by atoms with E-state index in [2.05, 4.69) is 25.6 Å². The summed E-state index contributed by atoms with van der Waals surface area (Å²) in [5.74, 6) is 0.831. The number of carbonyl (C=O) groups is 1. The van der Waals surface area contributed by atoms with Crippen molar-refractivity contribution >= 4 is 17.5 Å². The second-order valence-electron chi connectivity index (χ2n) is 7.95. The molecule has 0 fully saturated rings. The number of nitrogen functional groups attached to an aromatic ring is 1. The lowest BCUT2D eigenvalue weighted by molar-refractivity contribution is -0.131. The normalized spacial score (nSPS) is 11.4. The Morgan fingerprint density at radius 1 is 1.18 bits per heavy atom. The Morgan fingerprint density at radius 3 is 2.66 bits per heavy atom. The number of nitrogens with one attached hydrogen (secondary N) is 3. The lowest BCUT2D eigenvalue weighted by Gasteiger charge is -2.21. The van der Waals surface area contributed by atoms with Crippen molar-refractivity contribution < 1.29 is 19.0 Å². The van der Waals surface area contributed by atoms with Crippen LogP contribution in [0.4, 0.5) is 5.69 Å². The lowest BCUT2D eigenvalue weighted by Crippen LogP contribution is -2.17. The standard InChI is InChI=1S/C25H26N8O5/c1-4-37-20-12-15(7-10-18(20)36-3)22(24-30-25(35)33(32-24)21-6-5-11-28-31-21)29-16-8-9-17(23(26)27)19(13-16)38-14(2)34/h5-13,22,29H,4H2,1-3H3,(H3,26,27)(H,30,32,35)/t22-/m0/s1. The fraction of sp³-hybridized carbons (Fsp3) is 0.200. The maximum atomic E-state index is 12.8. The van der Waals surface area contributed by atoms with Crippen molar-refractivity contribution in [1.82, 2.24) is 25.0 Å². The van der Waals surface area contributed by atoms with Gasteiger partial charge >= 0.3 is 11.7 Å². The SMILES string of the molecule is CCOc1cc([C@H](Nc2ccc(C(=N)N)c(OC(C)=O)c2)c2nn(-c3cccnn3)c(=O)[nH]2)ccc1OC. The predicted molar refractivity (Wildman–Crippen MR) is 138 cm³/mol. The first-order valence-electron chi connectivity index (χ1n) is 11.5. The van der Waals surface area contributed by atoms with Crippen molar-refractivity contribution in [2.75, 3.05) is 19.0 Å². The quantitative estimate of drug-likeness (QED) is 0.105.